The fraction of sp³-hybridized carbons (Fsp3) is 0.476. The second kappa shape index (κ2) is 10.8. The fourth-order valence-corrected chi connectivity index (χ4v) is 3.94. The number of nitrogens with zero attached hydrogens (tertiary/aromatic N) is 5. The van der Waals surface area contributed by atoms with Crippen molar-refractivity contribution in [2.75, 3.05) is 39.8 Å². The van der Waals surface area contributed by atoms with Crippen LogP contribution in [0.1, 0.15) is 18.4 Å². The number of aliphatic imine (C=N–C) groups is 1. The number of para-hydroxylation sites is 1. The first-order valence-corrected chi connectivity index (χ1v) is 10.2. The molecule has 2 saturated heterocycles. The number of ether oxygens (including phenoxy) is 1. The lowest BCUT2D eigenvalue weighted by atomic mass is 10.1. The highest BCUT2D eigenvalue weighted by Crippen LogP contribution is 2.17. The van der Waals surface area contributed by atoms with Gasteiger partial charge in [-0.05, 0) is 24.5 Å². The van der Waals surface area contributed by atoms with Crippen molar-refractivity contribution in [3.63, 3.8) is 0 Å². The summed E-state index contributed by atoms with van der Waals surface area (Å²) in [4.78, 5) is 25.3. The smallest absolute Gasteiger partial charge is 0.251 e. The molecule has 2 fully saturated rings. The Morgan fingerprint density at radius 1 is 1.23 bits per heavy atom. The van der Waals surface area contributed by atoms with Crippen molar-refractivity contribution in [3.05, 3.63) is 48.5 Å². The molecule has 1 aromatic heterocycles. The maximum Gasteiger partial charge on any atom is 0.251 e. The van der Waals surface area contributed by atoms with Crippen molar-refractivity contribution >= 4 is 35.8 Å². The topological polar surface area (TPSA) is 75.0 Å². The molecule has 0 saturated carbocycles. The van der Waals surface area contributed by atoms with Gasteiger partial charge in [-0.2, -0.15) is 0 Å². The van der Waals surface area contributed by atoms with E-state index in [0.717, 1.165) is 37.6 Å². The van der Waals surface area contributed by atoms with E-state index in [9.17, 15) is 4.79 Å². The molecular formula is C21H29IN6O2. The number of hydrogen-bond donors (Lipinski definition) is 1. The third-order valence-electron chi connectivity index (χ3n) is 5.52. The maximum absolute atomic E-state index is 12.5. The monoisotopic (exact) mass is 524 g/mol. The number of guanidine groups is 1. The molecule has 1 unspecified atom stereocenters. The van der Waals surface area contributed by atoms with Gasteiger partial charge in [0.25, 0.3) is 5.91 Å². The zero-order valence-electron chi connectivity index (χ0n) is 17.2. The van der Waals surface area contributed by atoms with Crippen molar-refractivity contribution < 1.29 is 9.53 Å². The Labute approximate surface area is 194 Å². The van der Waals surface area contributed by atoms with Crippen LogP contribution in [0.3, 0.4) is 0 Å². The highest BCUT2D eigenvalue weighted by molar-refractivity contribution is 14.0. The van der Waals surface area contributed by atoms with Gasteiger partial charge in [-0.3, -0.25) is 9.79 Å². The van der Waals surface area contributed by atoms with Crippen LogP contribution in [-0.2, 0) is 16.1 Å². The molecule has 162 valence electrons. The van der Waals surface area contributed by atoms with E-state index in [-0.39, 0.29) is 36.0 Å². The van der Waals surface area contributed by atoms with Crippen LogP contribution in [0.4, 0.5) is 0 Å². The Balaban J connectivity index is 0.00000256. The molecule has 0 spiro atoms. The highest BCUT2D eigenvalue weighted by atomic mass is 127. The van der Waals surface area contributed by atoms with Gasteiger partial charge >= 0.3 is 0 Å². The van der Waals surface area contributed by atoms with Gasteiger partial charge < -0.3 is 24.4 Å². The molecule has 0 bridgehead atoms. The Bertz CT molecular complexity index is 843. The molecule has 0 aliphatic carbocycles. The van der Waals surface area contributed by atoms with Crippen LogP contribution in [0.15, 0.2) is 48.0 Å². The summed E-state index contributed by atoms with van der Waals surface area (Å²) in [5, 5.41) is 3.47. The van der Waals surface area contributed by atoms with Gasteiger partial charge in [0.1, 0.15) is 6.10 Å². The number of nitrogens with one attached hydrogen (secondary N) is 1. The van der Waals surface area contributed by atoms with Crippen LogP contribution in [0.2, 0.25) is 0 Å². The van der Waals surface area contributed by atoms with E-state index in [1.165, 1.54) is 5.56 Å². The van der Waals surface area contributed by atoms with Gasteiger partial charge in [0.05, 0.1) is 12.0 Å². The van der Waals surface area contributed by atoms with Crippen molar-refractivity contribution in [1.82, 2.24) is 24.7 Å². The number of aromatic nitrogens is 2. The minimum absolute atomic E-state index is 0. The van der Waals surface area contributed by atoms with E-state index < -0.39 is 0 Å². The van der Waals surface area contributed by atoms with Crippen LogP contribution < -0.4 is 5.32 Å². The summed E-state index contributed by atoms with van der Waals surface area (Å²) in [7, 11) is 1.80. The Morgan fingerprint density at radius 2 is 2.00 bits per heavy atom. The van der Waals surface area contributed by atoms with Crippen LogP contribution in [0.25, 0.3) is 5.69 Å². The molecule has 8 nitrogen and oxygen atoms in total. The van der Waals surface area contributed by atoms with E-state index in [1.807, 2.05) is 27.8 Å². The summed E-state index contributed by atoms with van der Waals surface area (Å²) in [6.07, 6.45) is 7.11. The Morgan fingerprint density at radius 3 is 2.67 bits per heavy atom. The number of rotatable bonds is 4. The summed E-state index contributed by atoms with van der Waals surface area (Å²) < 4.78 is 7.55. The second-order valence-corrected chi connectivity index (χ2v) is 7.31. The summed E-state index contributed by atoms with van der Waals surface area (Å²) >= 11 is 0. The predicted octanol–water partition coefficient (Wildman–Crippen LogP) is 1.89. The van der Waals surface area contributed by atoms with Crippen LogP contribution in [0.5, 0.6) is 0 Å². The highest BCUT2D eigenvalue weighted by Gasteiger charge is 2.30. The Hall–Kier alpha value is -2.14. The summed E-state index contributed by atoms with van der Waals surface area (Å²) in [5.41, 5.74) is 2.26. The lowest BCUT2D eigenvalue weighted by Crippen LogP contribution is -2.55. The molecule has 1 amide bonds. The first kappa shape index (κ1) is 22.5. The SMILES string of the molecule is CN=C(NCc1ccccc1-n1ccnc1)N1CCN(C(=O)C2CCCO2)CC1.I. The van der Waals surface area contributed by atoms with E-state index in [0.29, 0.717) is 26.2 Å². The van der Waals surface area contributed by atoms with E-state index in [1.54, 1.807) is 19.6 Å². The molecule has 30 heavy (non-hydrogen) atoms. The quantitative estimate of drug-likeness (QED) is 0.376. The maximum atomic E-state index is 12.5. The Kier molecular flexibility index (Phi) is 8.08. The van der Waals surface area contributed by atoms with Gasteiger partial charge in [0.2, 0.25) is 0 Å². The number of halogens is 1. The van der Waals surface area contributed by atoms with Crippen LogP contribution in [0, 0.1) is 0 Å². The number of imidazole rings is 1. The first-order chi connectivity index (χ1) is 14.3. The largest absolute Gasteiger partial charge is 0.368 e. The lowest BCUT2D eigenvalue weighted by Gasteiger charge is -2.37. The van der Waals surface area contributed by atoms with Gasteiger partial charge in [-0.15, -0.1) is 24.0 Å². The average Bonchev–Trinajstić information content (AvgIpc) is 3.49. The molecule has 0 radical (unpaired) electrons. The van der Waals surface area contributed by atoms with E-state index >= 15 is 0 Å². The number of piperazine rings is 1. The van der Waals surface area contributed by atoms with Crippen molar-refractivity contribution in [2.24, 2.45) is 4.99 Å². The number of carbonyl (C=O) groups is 1. The van der Waals surface area contributed by atoms with Gasteiger partial charge in [-0.25, -0.2) is 4.98 Å². The standard InChI is InChI=1S/C21H28N6O2.HI/c1-22-21(24-15-17-5-2-3-6-18(17)27-9-8-23-16-27)26-12-10-25(11-13-26)20(28)19-7-4-14-29-19;/h2-3,5-6,8-9,16,19H,4,7,10-15H2,1H3,(H,22,24);1H. The third kappa shape index (κ3) is 5.12. The van der Waals surface area contributed by atoms with Crippen LogP contribution >= 0.6 is 24.0 Å². The number of amides is 1. The van der Waals surface area contributed by atoms with Gasteiger partial charge in [-0.1, -0.05) is 18.2 Å². The fourth-order valence-electron chi connectivity index (χ4n) is 3.94. The minimum atomic E-state index is -0.237. The summed E-state index contributed by atoms with van der Waals surface area (Å²) in [5.74, 6) is 0.994. The third-order valence-corrected chi connectivity index (χ3v) is 5.52. The molecule has 2 aliphatic heterocycles. The van der Waals surface area contributed by atoms with E-state index in [2.05, 4.69) is 32.3 Å². The van der Waals surface area contributed by atoms with Gasteiger partial charge in [0.15, 0.2) is 5.96 Å². The predicted molar refractivity (Wildman–Crippen MR) is 126 cm³/mol. The van der Waals surface area contributed by atoms with Crippen molar-refractivity contribution in [1.29, 1.82) is 0 Å². The molecule has 1 aromatic carbocycles. The molecular weight excluding hydrogens is 495 g/mol. The normalized spacial score (nSPS) is 19.5. The minimum Gasteiger partial charge on any atom is -0.368 e. The number of benzene rings is 1. The zero-order chi connectivity index (χ0) is 20.1. The second-order valence-electron chi connectivity index (χ2n) is 7.31. The zero-order valence-corrected chi connectivity index (χ0v) is 19.6. The lowest BCUT2D eigenvalue weighted by molar-refractivity contribution is -0.142. The van der Waals surface area contributed by atoms with Crippen LogP contribution in [-0.4, -0.2) is 77.2 Å². The average molecular weight is 524 g/mol. The molecule has 3 heterocycles. The summed E-state index contributed by atoms with van der Waals surface area (Å²) in [6, 6.07) is 8.25. The summed E-state index contributed by atoms with van der Waals surface area (Å²) in [6.45, 7) is 4.29. The van der Waals surface area contributed by atoms with Gasteiger partial charge in [0, 0.05) is 58.8 Å². The molecule has 1 N–H and O–H groups in total. The molecule has 2 aromatic rings. The molecule has 4 rings (SSSR count). The number of hydrogen-bond acceptors (Lipinski definition) is 4. The first-order valence-electron chi connectivity index (χ1n) is 10.2. The number of carbonyl (C=O) groups excluding carboxylic acids is 1. The molecule has 9 heteroatoms. The van der Waals surface area contributed by atoms with Crippen molar-refractivity contribution in [2.45, 2.75) is 25.5 Å². The molecule has 1 atom stereocenters. The molecule has 2 aliphatic rings. The van der Waals surface area contributed by atoms with E-state index in [4.69, 9.17) is 4.74 Å². The van der Waals surface area contributed by atoms with Crippen molar-refractivity contribution in [3.8, 4) is 5.69 Å².